The number of hydrogen-bond donors (Lipinski definition) is 1. The maximum atomic E-state index is 14.2. The SMILES string of the molecule is Cc1noc(N(COC(C)[Si](C)(C)C)S(=O)(=O)c2ccccc2-c2ccc(CO)cc2CC(F)(F)F)c1C. The summed E-state index contributed by atoms with van der Waals surface area (Å²) in [7, 11) is -6.20. The topological polar surface area (TPSA) is 92.9 Å². The summed E-state index contributed by atoms with van der Waals surface area (Å²) < 4.78 is 81.1. The Kier molecular flexibility index (Phi) is 8.81. The fraction of sp³-hybridized carbons (Fsp3) is 0.423. The van der Waals surface area contributed by atoms with E-state index in [0.717, 1.165) is 4.31 Å². The van der Waals surface area contributed by atoms with Crippen molar-refractivity contribution in [2.75, 3.05) is 11.0 Å². The summed E-state index contributed by atoms with van der Waals surface area (Å²) in [5.74, 6) is -0.0220. The number of sulfonamides is 1. The van der Waals surface area contributed by atoms with Crippen LogP contribution in [0, 0.1) is 13.8 Å². The van der Waals surface area contributed by atoms with E-state index < -0.39 is 37.3 Å². The summed E-state index contributed by atoms with van der Waals surface area (Å²) in [5.41, 5.74) is 1.13. The van der Waals surface area contributed by atoms with Crippen molar-refractivity contribution in [3.8, 4) is 11.1 Å². The van der Waals surface area contributed by atoms with Gasteiger partial charge in [-0.2, -0.15) is 13.2 Å². The summed E-state index contributed by atoms with van der Waals surface area (Å²) in [6.07, 6.45) is -5.83. The third-order valence-corrected chi connectivity index (χ3v) is 10.9. The number of halogens is 3. The quantitative estimate of drug-likeness (QED) is 0.238. The number of nitrogens with zero attached hydrogens (tertiary/aromatic N) is 2. The molecule has 0 aliphatic carbocycles. The van der Waals surface area contributed by atoms with E-state index in [4.69, 9.17) is 9.26 Å². The van der Waals surface area contributed by atoms with Gasteiger partial charge in [0.15, 0.2) is 0 Å². The fourth-order valence-corrected chi connectivity index (χ4v) is 5.81. The van der Waals surface area contributed by atoms with Gasteiger partial charge in [0.2, 0.25) is 5.88 Å². The Balaban J connectivity index is 2.19. The van der Waals surface area contributed by atoms with Crippen molar-refractivity contribution >= 4 is 24.0 Å². The zero-order valence-corrected chi connectivity index (χ0v) is 24.1. The summed E-state index contributed by atoms with van der Waals surface area (Å²) >= 11 is 0. The molecule has 0 amide bonds. The van der Waals surface area contributed by atoms with Crippen LogP contribution in [0.2, 0.25) is 19.6 Å². The molecule has 0 aliphatic heterocycles. The molecule has 1 unspecified atom stereocenters. The van der Waals surface area contributed by atoms with Crippen molar-refractivity contribution in [2.45, 2.75) is 70.2 Å². The Labute approximate surface area is 222 Å². The van der Waals surface area contributed by atoms with Gasteiger partial charge in [-0.1, -0.05) is 61.2 Å². The van der Waals surface area contributed by atoms with Crippen LogP contribution in [-0.2, 0) is 27.8 Å². The molecule has 1 N–H and O–H groups in total. The molecule has 3 aromatic rings. The first-order chi connectivity index (χ1) is 17.6. The molecule has 7 nitrogen and oxygen atoms in total. The minimum atomic E-state index is -4.54. The first-order valence-corrected chi connectivity index (χ1v) is 17.0. The molecule has 3 rings (SSSR count). The Morgan fingerprint density at radius 1 is 1.11 bits per heavy atom. The van der Waals surface area contributed by atoms with Crippen LogP contribution in [0.3, 0.4) is 0 Å². The zero-order valence-electron chi connectivity index (χ0n) is 22.3. The molecule has 208 valence electrons. The fourth-order valence-electron chi connectivity index (χ4n) is 3.71. The van der Waals surface area contributed by atoms with E-state index in [1.54, 1.807) is 19.9 Å². The number of aromatic nitrogens is 1. The largest absolute Gasteiger partial charge is 0.393 e. The first kappa shape index (κ1) is 29.9. The number of ether oxygens (including phenoxy) is 1. The molecule has 12 heteroatoms. The van der Waals surface area contributed by atoms with Gasteiger partial charge in [0, 0.05) is 16.9 Å². The van der Waals surface area contributed by atoms with Crippen molar-refractivity contribution in [2.24, 2.45) is 0 Å². The van der Waals surface area contributed by atoms with E-state index in [0.29, 0.717) is 11.3 Å². The van der Waals surface area contributed by atoms with Crippen LogP contribution in [0.1, 0.15) is 29.3 Å². The minimum Gasteiger partial charge on any atom is -0.392 e. The Morgan fingerprint density at radius 2 is 1.76 bits per heavy atom. The second kappa shape index (κ2) is 11.2. The molecule has 0 aliphatic rings. The van der Waals surface area contributed by atoms with Gasteiger partial charge in [-0.05, 0) is 43.5 Å². The lowest BCUT2D eigenvalue weighted by Gasteiger charge is -2.29. The van der Waals surface area contributed by atoms with E-state index in [1.165, 1.54) is 36.4 Å². The number of anilines is 1. The lowest BCUT2D eigenvalue weighted by Crippen LogP contribution is -2.42. The number of rotatable bonds is 10. The molecule has 0 radical (unpaired) electrons. The van der Waals surface area contributed by atoms with Gasteiger partial charge in [0.1, 0.15) is 6.73 Å². The van der Waals surface area contributed by atoms with Crippen LogP contribution in [-0.4, -0.2) is 45.4 Å². The third kappa shape index (κ3) is 6.66. The van der Waals surface area contributed by atoms with Crippen LogP contribution in [0.5, 0.6) is 0 Å². The van der Waals surface area contributed by atoms with Gasteiger partial charge in [0.25, 0.3) is 10.0 Å². The second-order valence-corrected chi connectivity index (χ2v) is 17.7. The van der Waals surface area contributed by atoms with Crippen LogP contribution >= 0.6 is 0 Å². The molecular weight excluding hydrogens is 537 g/mol. The predicted molar refractivity (Wildman–Crippen MR) is 142 cm³/mol. The predicted octanol–water partition coefficient (Wildman–Crippen LogP) is 5.99. The second-order valence-electron chi connectivity index (χ2n) is 10.3. The molecular formula is C26H33F3N2O5SSi. The van der Waals surface area contributed by atoms with E-state index in [-0.39, 0.29) is 45.5 Å². The van der Waals surface area contributed by atoms with Crippen molar-refractivity contribution in [1.82, 2.24) is 5.16 Å². The third-order valence-electron chi connectivity index (χ3n) is 6.51. The van der Waals surface area contributed by atoms with Gasteiger partial charge < -0.3 is 14.4 Å². The Hall–Kier alpha value is -2.67. The van der Waals surface area contributed by atoms with Crippen LogP contribution in [0.25, 0.3) is 11.1 Å². The standard InChI is InChI=1S/C26H33F3N2O5SSi/c1-17-18(2)30-36-25(17)31(16-35-19(3)38(4,5)6)37(33,34)24-10-8-7-9-23(24)22-12-11-20(15-32)13-21(22)14-26(27,28)29/h7-13,19,32H,14-16H2,1-6H3. The summed E-state index contributed by atoms with van der Waals surface area (Å²) in [5, 5.41) is 13.4. The normalized spacial score (nSPS) is 13.5. The number of aryl methyl sites for hydroxylation is 1. The van der Waals surface area contributed by atoms with Gasteiger partial charge in [0.05, 0.1) is 31.7 Å². The highest BCUT2D eigenvalue weighted by Gasteiger charge is 2.35. The zero-order chi connectivity index (χ0) is 28.5. The van der Waals surface area contributed by atoms with Crippen molar-refractivity contribution < 1.29 is 36.0 Å². The van der Waals surface area contributed by atoms with Gasteiger partial charge in [-0.25, -0.2) is 12.7 Å². The van der Waals surface area contributed by atoms with Gasteiger partial charge in [-0.3, -0.25) is 0 Å². The monoisotopic (exact) mass is 570 g/mol. The molecule has 0 saturated carbocycles. The molecule has 38 heavy (non-hydrogen) atoms. The Bertz CT molecular complexity index is 1380. The van der Waals surface area contributed by atoms with Crippen molar-refractivity contribution in [3.05, 3.63) is 64.8 Å². The lowest BCUT2D eigenvalue weighted by molar-refractivity contribution is -0.127. The maximum Gasteiger partial charge on any atom is 0.393 e. The summed E-state index contributed by atoms with van der Waals surface area (Å²) in [6, 6.07) is 9.98. The highest BCUT2D eigenvalue weighted by atomic mass is 32.2. The molecule has 1 atom stereocenters. The van der Waals surface area contributed by atoms with Crippen molar-refractivity contribution in [3.63, 3.8) is 0 Å². The van der Waals surface area contributed by atoms with E-state index >= 15 is 0 Å². The molecule has 0 fully saturated rings. The first-order valence-electron chi connectivity index (χ1n) is 12.0. The highest BCUT2D eigenvalue weighted by Crippen LogP contribution is 2.37. The van der Waals surface area contributed by atoms with E-state index in [9.17, 15) is 26.7 Å². The Morgan fingerprint density at radius 3 is 2.32 bits per heavy atom. The van der Waals surface area contributed by atoms with Gasteiger partial charge >= 0.3 is 6.18 Å². The number of hydrogen-bond acceptors (Lipinski definition) is 6. The van der Waals surface area contributed by atoms with Crippen LogP contribution in [0.15, 0.2) is 51.9 Å². The lowest BCUT2D eigenvalue weighted by atomic mass is 9.95. The maximum absolute atomic E-state index is 14.2. The summed E-state index contributed by atoms with van der Waals surface area (Å²) in [6.45, 7) is 10.7. The number of aliphatic hydroxyl groups is 1. The molecule has 1 aromatic heterocycles. The molecule has 2 aromatic carbocycles. The van der Waals surface area contributed by atoms with E-state index in [2.05, 4.69) is 24.8 Å². The smallest absolute Gasteiger partial charge is 0.392 e. The van der Waals surface area contributed by atoms with Gasteiger partial charge in [-0.15, -0.1) is 0 Å². The minimum absolute atomic E-state index is 0.0220. The molecule has 0 saturated heterocycles. The number of alkyl halides is 3. The highest BCUT2D eigenvalue weighted by molar-refractivity contribution is 7.93. The summed E-state index contributed by atoms with van der Waals surface area (Å²) in [4.78, 5) is -0.210. The number of aliphatic hydroxyl groups excluding tert-OH is 1. The molecule has 0 spiro atoms. The van der Waals surface area contributed by atoms with Crippen LogP contribution < -0.4 is 4.31 Å². The van der Waals surface area contributed by atoms with E-state index in [1.807, 2.05) is 6.92 Å². The number of benzene rings is 2. The van der Waals surface area contributed by atoms with Crippen molar-refractivity contribution in [1.29, 1.82) is 0 Å². The molecule has 1 heterocycles. The average molecular weight is 571 g/mol. The van der Waals surface area contributed by atoms with Crippen LogP contribution in [0.4, 0.5) is 19.1 Å². The molecule has 0 bridgehead atoms. The average Bonchev–Trinajstić information content (AvgIpc) is 3.15.